The van der Waals surface area contributed by atoms with Crippen LogP contribution in [0.3, 0.4) is 0 Å². The van der Waals surface area contributed by atoms with Crippen LogP contribution in [-0.2, 0) is 22.4 Å². The molecule has 4 rings (SSSR count). The van der Waals surface area contributed by atoms with Gasteiger partial charge < -0.3 is 10.1 Å². The van der Waals surface area contributed by atoms with Crippen molar-refractivity contribution in [1.82, 2.24) is 4.90 Å². The van der Waals surface area contributed by atoms with Crippen LogP contribution in [0.5, 0.6) is 0 Å². The maximum absolute atomic E-state index is 12.3. The maximum atomic E-state index is 12.3. The van der Waals surface area contributed by atoms with Crippen LogP contribution in [-0.4, -0.2) is 42.6 Å². The first-order valence-corrected chi connectivity index (χ1v) is 8.06. The minimum absolute atomic E-state index is 0.113. The molecule has 112 valence electrons. The topological polar surface area (TPSA) is 41.6 Å². The Labute approximate surface area is 125 Å². The van der Waals surface area contributed by atoms with Crippen molar-refractivity contribution in [2.24, 2.45) is 0 Å². The average molecular weight is 286 g/mol. The van der Waals surface area contributed by atoms with E-state index in [1.54, 1.807) is 0 Å². The van der Waals surface area contributed by atoms with Crippen LogP contribution in [0.4, 0.5) is 5.69 Å². The van der Waals surface area contributed by atoms with Gasteiger partial charge in [0.1, 0.15) is 0 Å². The molecule has 0 spiro atoms. The van der Waals surface area contributed by atoms with E-state index >= 15 is 0 Å². The molecule has 2 bridgehead atoms. The average Bonchev–Trinajstić information content (AvgIpc) is 3.10. The predicted molar refractivity (Wildman–Crippen MR) is 81.4 cm³/mol. The molecule has 1 aromatic rings. The number of ether oxygens (including phenoxy) is 1. The van der Waals surface area contributed by atoms with E-state index in [9.17, 15) is 4.79 Å². The van der Waals surface area contributed by atoms with Crippen LogP contribution in [0, 0.1) is 0 Å². The van der Waals surface area contributed by atoms with E-state index in [0.29, 0.717) is 18.7 Å². The Morgan fingerprint density at radius 2 is 2.24 bits per heavy atom. The van der Waals surface area contributed by atoms with Crippen molar-refractivity contribution >= 4 is 11.6 Å². The van der Waals surface area contributed by atoms with Crippen LogP contribution in [0.1, 0.15) is 30.4 Å². The molecule has 1 aliphatic carbocycles. The Bertz CT molecular complexity index is 558. The van der Waals surface area contributed by atoms with Gasteiger partial charge in [-0.1, -0.05) is 12.1 Å². The summed E-state index contributed by atoms with van der Waals surface area (Å²) in [5.41, 5.74) is 3.79. The number of nitrogens with zero attached hydrogens (tertiary/aromatic N) is 1. The lowest BCUT2D eigenvalue weighted by Crippen LogP contribution is -2.41. The highest BCUT2D eigenvalue weighted by Crippen LogP contribution is 2.29. The van der Waals surface area contributed by atoms with Crippen LogP contribution in [0.25, 0.3) is 0 Å². The highest BCUT2D eigenvalue weighted by Gasteiger charge is 2.39. The summed E-state index contributed by atoms with van der Waals surface area (Å²) in [7, 11) is 0. The third-order valence-corrected chi connectivity index (χ3v) is 5.03. The summed E-state index contributed by atoms with van der Waals surface area (Å²) >= 11 is 0. The van der Waals surface area contributed by atoms with Gasteiger partial charge in [-0.2, -0.15) is 0 Å². The first-order chi connectivity index (χ1) is 10.3. The molecule has 0 unspecified atom stereocenters. The molecule has 4 nitrogen and oxygen atoms in total. The predicted octanol–water partition coefficient (Wildman–Crippen LogP) is 1.98. The normalized spacial score (nSPS) is 27.6. The second-order valence-corrected chi connectivity index (χ2v) is 6.47. The Hall–Kier alpha value is -1.39. The van der Waals surface area contributed by atoms with Gasteiger partial charge in [0, 0.05) is 18.3 Å². The molecule has 1 amide bonds. The number of likely N-dealkylation sites (tertiary alicyclic amines) is 1. The van der Waals surface area contributed by atoms with Gasteiger partial charge in [0.25, 0.3) is 0 Å². The molecular formula is C17H22N2O2. The van der Waals surface area contributed by atoms with Crippen molar-refractivity contribution in [3.05, 3.63) is 29.3 Å². The number of nitrogens with one attached hydrogen (secondary N) is 1. The molecule has 3 aliphatic rings. The molecule has 0 saturated carbocycles. The number of amides is 1. The van der Waals surface area contributed by atoms with Crippen molar-refractivity contribution in [3.8, 4) is 0 Å². The summed E-state index contributed by atoms with van der Waals surface area (Å²) in [5.74, 6) is 0.113. The quantitative estimate of drug-likeness (QED) is 0.924. The fourth-order valence-electron chi connectivity index (χ4n) is 3.95. The van der Waals surface area contributed by atoms with Gasteiger partial charge in [-0.3, -0.25) is 9.69 Å². The van der Waals surface area contributed by atoms with Crippen molar-refractivity contribution in [2.75, 3.05) is 25.0 Å². The van der Waals surface area contributed by atoms with Gasteiger partial charge in [-0.25, -0.2) is 0 Å². The molecule has 2 aliphatic heterocycles. The van der Waals surface area contributed by atoms with Crippen LogP contribution in [0.2, 0.25) is 0 Å². The lowest BCUT2D eigenvalue weighted by atomic mass is 9.90. The fraction of sp³-hybridized carbons (Fsp3) is 0.588. The zero-order chi connectivity index (χ0) is 14.2. The Kier molecular flexibility index (Phi) is 3.43. The molecule has 21 heavy (non-hydrogen) atoms. The first-order valence-electron chi connectivity index (χ1n) is 8.06. The number of anilines is 1. The SMILES string of the molecule is O=C(CN1C[C@H]2C[C@@H]1CO2)Nc1cccc2c1CCCC2. The van der Waals surface area contributed by atoms with Gasteiger partial charge in [0.15, 0.2) is 0 Å². The van der Waals surface area contributed by atoms with E-state index in [1.807, 2.05) is 6.07 Å². The van der Waals surface area contributed by atoms with E-state index in [1.165, 1.54) is 24.0 Å². The van der Waals surface area contributed by atoms with Gasteiger partial charge in [-0.15, -0.1) is 0 Å². The monoisotopic (exact) mass is 286 g/mol. The number of hydrogen-bond donors (Lipinski definition) is 1. The number of aryl methyl sites for hydroxylation is 1. The Balaban J connectivity index is 1.43. The molecule has 2 fully saturated rings. The first kappa shape index (κ1) is 13.3. The molecular weight excluding hydrogens is 264 g/mol. The zero-order valence-corrected chi connectivity index (χ0v) is 12.3. The second kappa shape index (κ2) is 5.43. The van der Waals surface area contributed by atoms with Gasteiger partial charge in [0.2, 0.25) is 5.91 Å². The third-order valence-electron chi connectivity index (χ3n) is 5.03. The van der Waals surface area contributed by atoms with Crippen LogP contribution in [0.15, 0.2) is 18.2 Å². The number of benzene rings is 1. The third kappa shape index (κ3) is 2.58. The highest BCUT2D eigenvalue weighted by molar-refractivity contribution is 5.93. The van der Waals surface area contributed by atoms with Gasteiger partial charge >= 0.3 is 0 Å². The number of rotatable bonds is 3. The Morgan fingerprint density at radius 3 is 3.05 bits per heavy atom. The minimum atomic E-state index is 0.113. The number of fused-ring (bicyclic) bond motifs is 3. The molecule has 2 saturated heterocycles. The number of morpholine rings is 1. The zero-order valence-electron chi connectivity index (χ0n) is 12.3. The number of carbonyl (C=O) groups excluding carboxylic acids is 1. The van der Waals surface area contributed by atoms with E-state index in [0.717, 1.165) is 38.1 Å². The lowest BCUT2D eigenvalue weighted by molar-refractivity contribution is -0.118. The second-order valence-electron chi connectivity index (χ2n) is 6.47. The number of hydrogen-bond acceptors (Lipinski definition) is 3. The molecule has 2 heterocycles. The molecule has 2 atom stereocenters. The van der Waals surface area contributed by atoms with Crippen LogP contribution >= 0.6 is 0 Å². The van der Waals surface area contributed by atoms with Crippen molar-refractivity contribution in [1.29, 1.82) is 0 Å². The highest BCUT2D eigenvalue weighted by atomic mass is 16.5. The fourth-order valence-corrected chi connectivity index (χ4v) is 3.95. The van der Waals surface area contributed by atoms with Gasteiger partial charge in [0.05, 0.1) is 19.3 Å². The summed E-state index contributed by atoms with van der Waals surface area (Å²) < 4.78 is 5.58. The summed E-state index contributed by atoms with van der Waals surface area (Å²) in [4.78, 5) is 14.6. The molecule has 0 aromatic heterocycles. The number of carbonyl (C=O) groups is 1. The van der Waals surface area contributed by atoms with E-state index in [-0.39, 0.29) is 5.91 Å². The van der Waals surface area contributed by atoms with Crippen molar-refractivity contribution < 1.29 is 9.53 Å². The maximum Gasteiger partial charge on any atom is 0.238 e. The molecule has 1 aromatic carbocycles. The summed E-state index contributed by atoms with van der Waals surface area (Å²) in [5, 5.41) is 3.14. The smallest absolute Gasteiger partial charge is 0.238 e. The van der Waals surface area contributed by atoms with E-state index in [4.69, 9.17) is 4.74 Å². The largest absolute Gasteiger partial charge is 0.375 e. The minimum Gasteiger partial charge on any atom is -0.375 e. The molecule has 4 heteroatoms. The van der Waals surface area contributed by atoms with Crippen LogP contribution < -0.4 is 5.32 Å². The summed E-state index contributed by atoms with van der Waals surface area (Å²) in [6.07, 6.45) is 6.18. The summed E-state index contributed by atoms with van der Waals surface area (Å²) in [6.45, 7) is 2.19. The molecule has 1 N–H and O–H groups in total. The standard InChI is InChI=1S/C17H22N2O2/c20-17(10-19-9-14-8-13(19)11-21-14)18-16-7-3-5-12-4-1-2-6-15(12)16/h3,5,7,13-14H,1-2,4,6,8-11H2,(H,18,20)/t13-,14-/m1/s1. The van der Waals surface area contributed by atoms with E-state index in [2.05, 4.69) is 22.3 Å². The summed E-state index contributed by atoms with van der Waals surface area (Å²) in [6, 6.07) is 6.75. The van der Waals surface area contributed by atoms with E-state index < -0.39 is 0 Å². The lowest BCUT2D eigenvalue weighted by Gasteiger charge is -2.26. The van der Waals surface area contributed by atoms with Crippen molar-refractivity contribution in [2.45, 2.75) is 44.2 Å². The van der Waals surface area contributed by atoms with Gasteiger partial charge in [-0.05, 0) is 49.3 Å². The van der Waals surface area contributed by atoms with Crippen molar-refractivity contribution in [3.63, 3.8) is 0 Å². The molecule has 0 radical (unpaired) electrons. The Morgan fingerprint density at radius 1 is 1.33 bits per heavy atom.